The summed E-state index contributed by atoms with van der Waals surface area (Å²) in [5, 5.41) is 2.36. The van der Waals surface area contributed by atoms with Gasteiger partial charge >= 0.3 is 6.03 Å². The van der Waals surface area contributed by atoms with E-state index < -0.39 is 6.03 Å². The fourth-order valence-electron chi connectivity index (χ4n) is 5.73. The summed E-state index contributed by atoms with van der Waals surface area (Å²) in [4.78, 5) is 32.3. The molecule has 8 heteroatoms. The Kier molecular flexibility index (Phi) is 6.94. The van der Waals surface area contributed by atoms with Gasteiger partial charge in [0.05, 0.1) is 6.20 Å². The van der Waals surface area contributed by atoms with Gasteiger partial charge in [0.25, 0.3) is 0 Å². The summed E-state index contributed by atoms with van der Waals surface area (Å²) < 4.78 is 16.3. The Hall–Kier alpha value is -4.30. The Bertz CT molecular complexity index is 1570. The molecule has 6 rings (SSSR count). The number of aryl methyl sites for hydroxylation is 1. The van der Waals surface area contributed by atoms with Gasteiger partial charge in [0, 0.05) is 51.6 Å². The van der Waals surface area contributed by atoms with E-state index >= 15 is 0 Å². The fourth-order valence-corrected chi connectivity index (χ4v) is 5.73. The van der Waals surface area contributed by atoms with Gasteiger partial charge in [0.1, 0.15) is 17.5 Å². The van der Waals surface area contributed by atoms with Crippen LogP contribution in [-0.2, 0) is 37.8 Å². The van der Waals surface area contributed by atoms with Gasteiger partial charge in [-0.3, -0.25) is 19.9 Å². The summed E-state index contributed by atoms with van der Waals surface area (Å²) in [5.41, 5.74) is 7.76. The van der Waals surface area contributed by atoms with E-state index in [1.165, 1.54) is 22.8 Å². The zero-order valence-electron chi connectivity index (χ0n) is 22.8. The first-order valence-electron chi connectivity index (χ1n) is 13.6. The molecule has 1 N–H and O–H groups in total. The molecule has 204 valence electrons. The number of imide groups is 1. The van der Waals surface area contributed by atoms with Gasteiger partial charge in [-0.15, -0.1) is 0 Å². The second-order valence-corrected chi connectivity index (χ2v) is 10.7. The molecule has 1 fully saturated rings. The number of nitrogens with zero attached hydrogens (tertiary/aromatic N) is 4. The molecular weight excluding hydrogens is 505 g/mol. The van der Waals surface area contributed by atoms with Crippen molar-refractivity contribution in [2.24, 2.45) is 7.05 Å². The van der Waals surface area contributed by atoms with Crippen molar-refractivity contribution in [3.8, 4) is 11.4 Å². The van der Waals surface area contributed by atoms with Crippen LogP contribution in [-0.4, -0.2) is 39.5 Å². The second-order valence-electron chi connectivity index (χ2n) is 10.7. The average molecular weight is 538 g/mol. The number of rotatable bonds is 6. The minimum Gasteiger partial charge on any atom is -0.314 e. The van der Waals surface area contributed by atoms with Crippen molar-refractivity contribution < 1.29 is 14.0 Å². The van der Waals surface area contributed by atoms with Gasteiger partial charge in [-0.05, 0) is 52.8 Å². The number of carbonyl (C=O) groups excluding carboxylic acids is 2. The quantitative estimate of drug-likeness (QED) is 0.370. The number of nitrogens with one attached hydrogen (secondary N) is 1. The summed E-state index contributed by atoms with van der Waals surface area (Å²) in [6.45, 7) is 5.00. The Labute approximate surface area is 233 Å². The number of fused-ring (bicyclic) bond motifs is 1. The number of hydrogen-bond acceptors (Lipinski definition) is 4. The molecule has 0 spiro atoms. The molecule has 7 nitrogen and oxygen atoms in total. The van der Waals surface area contributed by atoms with E-state index in [0.29, 0.717) is 18.8 Å². The van der Waals surface area contributed by atoms with Gasteiger partial charge < -0.3 is 4.57 Å². The van der Waals surface area contributed by atoms with Crippen LogP contribution in [0.2, 0.25) is 0 Å². The molecule has 2 aliphatic rings. The largest absolute Gasteiger partial charge is 0.329 e. The third-order valence-corrected chi connectivity index (χ3v) is 8.01. The minimum atomic E-state index is -0.418. The van der Waals surface area contributed by atoms with Crippen molar-refractivity contribution in [1.29, 1.82) is 0 Å². The van der Waals surface area contributed by atoms with Crippen LogP contribution in [0.5, 0.6) is 0 Å². The highest BCUT2D eigenvalue weighted by Crippen LogP contribution is 2.27. The molecule has 3 heterocycles. The van der Waals surface area contributed by atoms with Crippen molar-refractivity contribution >= 4 is 17.8 Å². The van der Waals surface area contributed by atoms with Gasteiger partial charge in [-0.2, -0.15) is 0 Å². The fraction of sp³-hybridized carbons (Fsp3) is 0.281. The summed E-state index contributed by atoms with van der Waals surface area (Å²) in [6, 6.07) is 19.8. The zero-order chi connectivity index (χ0) is 27.8. The molecule has 4 aromatic rings. The average Bonchev–Trinajstić information content (AvgIpc) is 3.32. The molecule has 0 atom stereocenters. The number of urea groups is 1. The Morgan fingerprint density at radius 1 is 0.950 bits per heavy atom. The lowest BCUT2D eigenvalue weighted by molar-refractivity contribution is -0.120. The number of halogens is 1. The van der Waals surface area contributed by atoms with Crippen molar-refractivity contribution in [3.63, 3.8) is 0 Å². The van der Waals surface area contributed by atoms with E-state index in [0.717, 1.165) is 54.1 Å². The molecular formula is C32H32FN5O2. The topological polar surface area (TPSA) is 70.5 Å². The van der Waals surface area contributed by atoms with Crippen molar-refractivity contribution in [2.45, 2.75) is 39.3 Å². The molecule has 40 heavy (non-hydrogen) atoms. The van der Waals surface area contributed by atoms with Crippen LogP contribution in [0.3, 0.4) is 0 Å². The Morgan fingerprint density at radius 3 is 2.52 bits per heavy atom. The third-order valence-electron chi connectivity index (χ3n) is 8.01. The molecule has 3 aromatic carbocycles. The first-order valence-corrected chi connectivity index (χ1v) is 13.6. The van der Waals surface area contributed by atoms with Crippen LogP contribution in [0.15, 0.2) is 66.9 Å². The number of benzene rings is 3. The number of hydrogen-bond donors (Lipinski definition) is 1. The van der Waals surface area contributed by atoms with E-state index in [1.807, 2.05) is 24.6 Å². The molecule has 1 aromatic heterocycles. The van der Waals surface area contributed by atoms with Crippen molar-refractivity contribution in [3.05, 3.63) is 106 Å². The van der Waals surface area contributed by atoms with Crippen LogP contribution in [0.1, 0.15) is 39.8 Å². The summed E-state index contributed by atoms with van der Waals surface area (Å²) in [5.74, 6) is 1.02. The number of anilines is 1. The predicted molar refractivity (Wildman–Crippen MR) is 152 cm³/mol. The molecule has 0 bridgehead atoms. The van der Waals surface area contributed by atoms with Gasteiger partial charge in [-0.1, -0.05) is 54.6 Å². The maximum Gasteiger partial charge on any atom is 0.329 e. The minimum absolute atomic E-state index is 0.141. The SMILES string of the molecule is Cc1cccc(F)c1Cc1ccc2c(c1)CN(Cc1ccc(-c3ncc(N4CCC(=O)NC4=O)n3C)cc1)CC2. The van der Waals surface area contributed by atoms with E-state index in [1.54, 1.807) is 17.2 Å². The second kappa shape index (κ2) is 10.7. The molecule has 0 unspecified atom stereocenters. The van der Waals surface area contributed by atoms with Crippen LogP contribution >= 0.6 is 0 Å². The standard InChI is InChI=1S/C32H32FN5O2/c1-21-4-3-5-28(33)27(21)17-23-8-9-24-12-14-37(20-26(24)16-23)19-22-6-10-25(11-7-22)31-34-18-30(36(31)2)38-15-13-29(39)35-32(38)40/h3-11,16,18H,12-15,17,19-20H2,1-2H3,(H,35,39,40). The Morgan fingerprint density at radius 2 is 1.75 bits per heavy atom. The highest BCUT2D eigenvalue weighted by atomic mass is 19.1. The summed E-state index contributed by atoms with van der Waals surface area (Å²) in [6.07, 6.45) is 3.54. The number of carbonyl (C=O) groups is 2. The van der Waals surface area contributed by atoms with E-state index in [9.17, 15) is 14.0 Å². The molecule has 3 amide bonds. The lowest BCUT2D eigenvalue weighted by atomic mass is 9.93. The van der Waals surface area contributed by atoms with Gasteiger partial charge in [0.15, 0.2) is 0 Å². The first kappa shape index (κ1) is 26.0. The monoisotopic (exact) mass is 537 g/mol. The molecule has 0 saturated carbocycles. The highest BCUT2D eigenvalue weighted by molar-refractivity contribution is 6.05. The number of amides is 3. The predicted octanol–water partition coefficient (Wildman–Crippen LogP) is 5.13. The smallest absolute Gasteiger partial charge is 0.314 e. The van der Waals surface area contributed by atoms with Crippen LogP contribution in [0, 0.1) is 12.7 Å². The van der Waals surface area contributed by atoms with Crippen LogP contribution < -0.4 is 10.2 Å². The van der Waals surface area contributed by atoms with Gasteiger partial charge in [-0.25, -0.2) is 14.2 Å². The van der Waals surface area contributed by atoms with Gasteiger partial charge in [0.2, 0.25) is 5.91 Å². The van der Waals surface area contributed by atoms with E-state index in [-0.39, 0.29) is 18.1 Å². The summed E-state index contributed by atoms with van der Waals surface area (Å²) >= 11 is 0. The molecule has 0 aliphatic carbocycles. The van der Waals surface area contributed by atoms with Crippen molar-refractivity contribution in [1.82, 2.24) is 19.8 Å². The van der Waals surface area contributed by atoms with Crippen molar-refractivity contribution in [2.75, 3.05) is 18.0 Å². The van der Waals surface area contributed by atoms with Crippen LogP contribution in [0.25, 0.3) is 11.4 Å². The number of aromatic nitrogens is 2. The zero-order valence-corrected chi connectivity index (χ0v) is 22.8. The lowest BCUT2D eigenvalue weighted by Gasteiger charge is -2.29. The van der Waals surface area contributed by atoms with Crippen LogP contribution in [0.4, 0.5) is 15.0 Å². The molecule has 2 aliphatic heterocycles. The summed E-state index contributed by atoms with van der Waals surface area (Å²) in [7, 11) is 1.88. The highest BCUT2D eigenvalue weighted by Gasteiger charge is 2.27. The Balaban J connectivity index is 1.13. The molecule has 0 radical (unpaired) electrons. The number of imidazole rings is 1. The maximum absolute atomic E-state index is 14.4. The molecule has 1 saturated heterocycles. The normalized spacial score (nSPS) is 15.7. The maximum atomic E-state index is 14.4. The first-order chi connectivity index (χ1) is 19.4. The lowest BCUT2D eigenvalue weighted by Crippen LogP contribution is -2.50. The third kappa shape index (κ3) is 5.14. The van der Waals surface area contributed by atoms with E-state index in [4.69, 9.17) is 0 Å². The van der Waals surface area contributed by atoms with E-state index in [2.05, 4.69) is 57.7 Å².